The number of allylic oxidation sites excluding steroid dienone is 1. The van der Waals surface area contributed by atoms with E-state index >= 15 is 0 Å². The molecule has 5 nitrogen and oxygen atoms in total. The van der Waals surface area contributed by atoms with Crippen LogP contribution in [0.15, 0.2) is 65.1 Å². The minimum atomic E-state index is -1.22. The van der Waals surface area contributed by atoms with Gasteiger partial charge in [-0.1, -0.05) is 12.1 Å². The summed E-state index contributed by atoms with van der Waals surface area (Å²) in [6.07, 6.45) is 4.54. The predicted octanol–water partition coefficient (Wildman–Crippen LogP) is 3.37. The van der Waals surface area contributed by atoms with Crippen LogP contribution in [0.1, 0.15) is 6.92 Å². The highest BCUT2D eigenvalue weighted by atomic mass is 16.4. The summed E-state index contributed by atoms with van der Waals surface area (Å²) in [6, 6.07) is 11.1. The van der Waals surface area contributed by atoms with E-state index in [1.165, 1.54) is 6.92 Å². The SMILES string of the molecule is CC(O)=C(C=Nc1cccc(-c2ccncc2)c1)C(=O)O. The molecule has 1 aromatic heterocycles. The number of hydrogen-bond donors (Lipinski definition) is 2. The molecule has 2 aromatic rings. The maximum absolute atomic E-state index is 10.9. The van der Waals surface area contributed by atoms with E-state index in [1.807, 2.05) is 30.3 Å². The molecule has 2 N–H and O–H groups in total. The first-order valence-electron chi connectivity index (χ1n) is 6.25. The van der Waals surface area contributed by atoms with Crippen molar-refractivity contribution in [1.82, 2.24) is 4.98 Å². The lowest BCUT2D eigenvalue weighted by molar-refractivity contribution is -0.132. The molecule has 0 unspecified atom stereocenters. The first kappa shape index (κ1) is 14.5. The van der Waals surface area contributed by atoms with Gasteiger partial charge in [-0.2, -0.15) is 0 Å². The van der Waals surface area contributed by atoms with Crippen LogP contribution in [0.25, 0.3) is 11.1 Å². The fourth-order valence-electron chi connectivity index (χ4n) is 1.75. The number of nitrogens with zero attached hydrogens (tertiary/aromatic N) is 2. The van der Waals surface area contributed by atoms with E-state index in [2.05, 4.69) is 9.98 Å². The van der Waals surface area contributed by atoms with Crippen molar-refractivity contribution in [3.63, 3.8) is 0 Å². The Morgan fingerprint density at radius 2 is 1.86 bits per heavy atom. The summed E-state index contributed by atoms with van der Waals surface area (Å²) in [5.41, 5.74) is 2.32. The average Bonchev–Trinajstić information content (AvgIpc) is 2.48. The van der Waals surface area contributed by atoms with Crippen LogP contribution in [0.2, 0.25) is 0 Å². The predicted molar refractivity (Wildman–Crippen MR) is 80.8 cm³/mol. The third kappa shape index (κ3) is 3.76. The van der Waals surface area contributed by atoms with E-state index in [1.54, 1.807) is 18.5 Å². The number of pyridine rings is 1. The van der Waals surface area contributed by atoms with Crippen LogP contribution in [-0.4, -0.2) is 27.4 Å². The topological polar surface area (TPSA) is 82.8 Å². The first-order chi connectivity index (χ1) is 10.1. The number of hydrogen-bond acceptors (Lipinski definition) is 4. The van der Waals surface area contributed by atoms with E-state index in [9.17, 15) is 9.90 Å². The standard InChI is InChI=1S/C16H14N2O3/c1-11(19)15(16(20)21)10-18-14-4-2-3-13(9-14)12-5-7-17-8-6-12/h2-10,19H,1H3,(H,20,21). The zero-order valence-corrected chi connectivity index (χ0v) is 11.4. The minimum absolute atomic E-state index is 0.232. The lowest BCUT2D eigenvalue weighted by atomic mass is 10.1. The Labute approximate surface area is 121 Å². The van der Waals surface area contributed by atoms with E-state index in [0.717, 1.165) is 17.3 Å². The van der Waals surface area contributed by atoms with Crippen molar-refractivity contribution < 1.29 is 15.0 Å². The summed E-state index contributed by atoms with van der Waals surface area (Å²) in [7, 11) is 0. The van der Waals surface area contributed by atoms with Gasteiger partial charge < -0.3 is 10.2 Å². The fraction of sp³-hybridized carbons (Fsp3) is 0.0625. The lowest BCUT2D eigenvalue weighted by Crippen LogP contribution is -2.04. The van der Waals surface area contributed by atoms with Crippen molar-refractivity contribution in [2.24, 2.45) is 4.99 Å². The van der Waals surface area contributed by atoms with Crippen LogP contribution in [-0.2, 0) is 4.79 Å². The number of benzene rings is 1. The highest BCUT2D eigenvalue weighted by Gasteiger charge is 2.08. The first-order valence-corrected chi connectivity index (χ1v) is 6.25. The molecule has 0 fully saturated rings. The van der Waals surface area contributed by atoms with E-state index in [-0.39, 0.29) is 11.3 Å². The molecule has 0 aliphatic rings. The summed E-state index contributed by atoms with van der Waals surface area (Å²) >= 11 is 0. The highest BCUT2D eigenvalue weighted by molar-refractivity contribution is 6.09. The van der Waals surface area contributed by atoms with Gasteiger partial charge in [0.2, 0.25) is 0 Å². The molecule has 1 heterocycles. The number of rotatable bonds is 4. The Morgan fingerprint density at radius 1 is 1.14 bits per heavy atom. The van der Waals surface area contributed by atoms with Crippen LogP contribution in [0.5, 0.6) is 0 Å². The second kappa shape index (κ2) is 6.47. The summed E-state index contributed by atoms with van der Waals surface area (Å²) < 4.78 is 0. The van der Waals surface area contributed by atoms with Crippen molar-refractivity contribution in [2.45, 2.75) is 6.92 Å². The maximum atomic E-state index is 10.9. The molecule has 0 aliphatic heterocycles. The molecule has 0 amide bonds. The van der Waals surface area contributed by atoms with Gasteiger partial charge in [-0.25, -0.2) is 4.79 Å². The van der Waals surface area contributed by atoms with Crippen molar-refractivity contribution >= 4 is 17.9 Å². The van der Waals surface area contributed by atoms with Gasteiger partial charge in [0.1, 0.15) is 11.3 Å². The summed E-state index contributed by atoms with van der Waals surface area (Å²) in [5.74, 6) is -1.50. The van der Waals surface area contributed by atoms with Crippen molar-refractivity contribution in [1.29, 1.82) is 0 Å². The molecule has 0 bridgehead atoms. The zero-order chi connectivity index (χ0) is 15.2. The number of aliphatic hydroxyl groups is 1. The molecule has 0 spiro atoms. The Bertz CT molecular complexity index is 702. The molecule has 1 aromatic carbocycles. The highest BCUT2D eigenvalue weighted by Crippen LogP contribution is 2.23. The van der Waals surface area contributed by atoms with Crippen LogP contribution in [0.3, 0.4) is 0 Å². The number of aliphatic hydroxyl groups excluding tert-OH is 1. The van der Waals surface area contributed by atoms with Crippen molar-refractivity contribution in [3.05, 3.63) is 60.1 Å². The molecule has 0 atom stereocenters. The van der Waals surface area contributed by atoms with E-state index < -0.39 is 5.97 Å². The van der Waals surface area contributed by atoms with Crippen molar-refractivity contribution in [3.8, 4) is 11.1 Å². The number of aliphatic carboxylic acids is 1. The van der Waals surface area contributed by atoms with Crippen LogP contribution >= 0.6 is 0 Å². The number of carboxylic acid groups (broad SMARTS) is 1. The molecular weight excluding hydrogens is 268 g/mol. The molecule has 0 radical (unpaired) electrons. The zero-order valence-electron chi connectivity index (χ0n) is 11.4. The van der Waals surface area contributed by atoms with E-state index in [0.29, 0.717) is 5.69 Å². The summed E-state index contributed by atoms with van der Waals surface area (Å²) in [4.78, 5) is 19.0. The average molecular weight is 282 g/mol. The molecule has 5 heteroatoms. The lowest BCUT2D eigenvalue weighted by Gasteiger charge is -2.02. The number of carboxylic acids is 1. The number of carbonyl (C=O) groups is 1. The Balaban J connectivity index is 2.31. The van der Waals surface area contributed by atoms with Crippen molar-refractivity contribution in [2.75, 3.05) is 0 Å². The number of aromatic nitrogens is 1. The molecule has 106 valence electrons. The molecular formula is C16H14N2O3. The minimum Gasteiger partial charge on any atom is -0.512 e. The molecule has 2 rings (SSSR count). The van der Waals surface area contributed by atoms with Gasteiger partial charge in [0.25, 0.3) is 0 Å². The molecule has 0 aliphatic carbocycles. The van der Waals surface area contributed by atoms with Gasteiger partial charge in [0.05, 0.1) is 5.69 Å². The Kier molecular flexibility index (Phi) is 4.46. The fourth-order valence-corrected chi connectivity index (χ4v) is 1.75. The van der Waals surface area contributed by atoms with Gasteiger partial charge in [-0.15, -0.1) is 0 Å². The Hall–Kier alpha value is -2.95. The maximum Gasteiger partial charge on any atom is 0.340 e. The van der Waals surface area contributed by atoms with Gasteiger partial charge in [0, 0.05) is 18.6 Å². The number of aliphatic imine (C=N–C) groups is 1. The second-order valence-electron chi connectivity index (χ2n) is 4.35. The molecule has 0 saturated carbocycles. The van der Waals surface area contributed by atoms with E-state index in [4.69, 9.17) is 5.11 Å². The van der Waals surface area contributed by atoms with Gasteiger partial charge in [0.15, 0.2) is 0 Å². The monoisotopic (exact) mass is 282 g/mol. The van der Waals surface area contributed by atoms with Gasteiger partial charge >= 0.3 is 5.97 Å². The second-order valence-corrected chi connectivity index (χ2v) is 4.35. The van der Waals surface area contributed by atoms with Gasteiger partial charge in [-0.3, -0.25) is 9.98 Å². The smallest absolute Gasteiger partial charge is 0.340 e. The largest absolute Gasteiger partial charge is 0.512 e. The third-order valence-electron chi connectivity index (χ3n) is 2.82. The third-order valence-corrected chi connectivity index (χ3v) is 2.82. The van der Waals surface area contributed by atoms with Crippen LogP contribution < -0.4 is 0 Å². The quantitative estimate of drug-likeness (QED) is 0.511. The molecule has 21 heavy (non-hydrogen) atoms. The Morgan fingerprint density at radius 3 is 2.48 bits per heavy atom. The summed E-state index contributed by atoms with van der Waals surface area (Å²) in [6.45, 7) is 1.31. The normalized spacial score (nSPS) is 12.2. The summed E-state index contributed by atoms with van der Waals surface area (Å²) in [5, 5.41) is 18.2. The van der Waals surface area contributed by atoms with Gasteiger partial charge in [-0.05, 0) is 42.3 Å². The molecule has 0 saturated heterocycles. The van der Waals surface area contributed by atoms with Crippen LogP contribution in [0.4, 0.5) is 5.69 Å². The van der Waals surface area contributed by atoms with Crippen LogP contribution in [0, 0.1) is 0 Å².